The number of thioether (sulfide) groups is 1. The van der Waals surface area contributed by atoms with Gasteiger partial charge < -0.3 is 9.09 Å². The Labute approximate surface area is 150 Å². The van der Waals surface area contributed by atoms with E-state index in [1.165, 1.54) is 37.1 Å². The van der Waals surface area contributed by atoms with Crippen LogP contribution in [-0.4, -0.2) is 24.9 Å². The normalized spacial score (nSPS) is 17.2. The number of benzene rings is 1. The molecule has 2 heterocycles. The summed E-state index contributed by atoms with van der Waals surface area (Å²) in [6.45, 7) is 2.06. The molecule has 2 saturated carbocycles. The molecule has 2 aromatic heterocycles. The lowest BCUT2D eigenvalue weighted by Gasteiger charge is -2.06. The van der Waals surface area contributed by atoms with Crippen molar-refractivity contribution in [3.8, 4) is 11.5 Å². The molecule has 0 aliphatic heterocycles. The van der Waals surface area contributed by atoms with Crippen molar-refractivity contribution < 1.29 is 4.52 Å². The molecule has 2 aliphatic carbocycles. The number of hydrogen-bond donors (Lipinski definition) is 0. The molecule has 0 unspecified atom stereocenters. The first-order valence-electron chi connectivity index (χ1n) is 8.75. The zero-order chi connectivity index (χ0) is 16.8. The van der Waals surface area contributed by atoms with Crippen LogP contribution < -0.4 is 0 Å². The minimum absolute atomic E-state index is 0.568. The Bertz CT molecular complexity index is 893. The van der Waals surface area contributed by atoms with Crippen molar-refractivity contribution in [2.45, 2.75) is 55.5 Å². The Kier molecular flexibility index (Phi) is 3.62. The first-order valence-corrected chi connectivity index (χ1v) is 9.74. The van der Waals surface area contributed by atoms with E-state index in [2.05, 4.69) is 31.8 Å². The van der Waals surface area contributed by atoms with Gasteiger partial charge in [0, 0.05) is 17.5 Å². The number of hydrogen-bond acceptors (Lipinski definition) is 6. The summed E-state index contributed by atoms with van der Waals surface area (Å²) in [5.74, 6) is 3.71. The molecule has 0 amide bonds. The fourth-order valence-corrected chi connectivity index (χ4v) is 3.79. The second-order valence-electron chi connectivity index (χ2n) is 6.89. The molecule has 25 heavy (non-hydrogen) atoms. The average Bonchev–Trinajstić information content (AvgIpc) is 3.55. The topological polar surface area (TPSA) is 69.6 Å². The average molecular weight is 353 g/mol. The van der Waals surface area contributed by atoms with E-state index in [9.17, 15) is 0 Å². The van der Waals surface area contributed by atoms with E-state index in [1.807, 2.05) is 24.3 Å². The van der Waals surface area contributed by atoms with Crippen LogP contribution >= 0.6 is 11.8 Å². The quantitative estimate of drug-likeness (QED) is 0.620. The van der Waals surface area contributed by atoms with Gasteiger partial charge in [0.1, 0.15) is 5.82 Å². The summed E-state index contributed by atoms with van der Waals surface area (Å²) >= 11 is 1.65. The number of aromatic nitrogens is 5. The van der Waals surface area contributed by atoms with Gasteiger partial charge in [-0.2, -0.15) is 4.98 Å². The monoisotopic (exact) mass is 353 g/mol. The van der Waals surface area contributed by atoms with Crippen LogP contribution in [0.25, 0.3) is 11.5 Å². The third kappa shape index (κ3) is 3.08. The van der Waals surface area contributed by atoms with E-state index >= 15 is 0 Å². The first kappa shape index (κ1) is 15.1. The van der Waals surface area contributed by atoms with Crippen LogP contribution in [-0.2, 0) is 5.75 Å². The van der Waals surface area contributed by atoms with E-state index in [1.54, 1.807) is 11.8 Å². The first-order chi connectivity index (χ1) is 12.3. The molecule has 3 aromatic rings. The van der Waals surface area contributed by atoms with Gasteiger partial charge in [-0.05, 0) is 44.7 Å². The molecule has 0 N–H and O–H groups in total. The Hall–Kier alpha value is -2.15. The van der Waals surface area contributed by atoms with Crippen molar-refractivity contribution in [3.05, 3.63) is 41.5 Å². The molecular weight excluding hydrogens is 334 g/mol. The van der Waals surface area contributed by atoms with Crippen LogP contribution in [0.1, 0.15) is 54.9 Å². The standard InChI is InChI=1S/C18H19N5OS/c1-11-2-4-13(5-3-11)17-19-15(22-24-17)10-25-18-21-20-16(12-6-7-12)23(18)14-8-9-14/h2-5,12,14H,6-10H2,1H3. The molecule has 0 radical (unpaired) electrons. The minimum atomic E-state index is 0.568. The van der Waals surface area contributed by atoms with Crippen molar-refractivity contribution in [3.63, 3.8) is 0 Å². The molecule has 0 saturated heterocycles. The zero-order valence-corrected chi connectivity index (χ0v) is 14.9. The van der Waals surface area contributed by atoms with Gasteiger partial charge in [0.2, 0.25) is 0 Å². The van der Waals surface area contributed by atoms with Crippen molar-refractivity contribution in [2.75, 3.05) is 0 Å². The fourth-order valence-electron chi connectivity index (χ4n) is 2.94. The maximum absolute atomic E-state index is 5.41. The lowest BCUT2D eigenvalue weighted by Crippen LogP contribution is -2.02. The lowest BCUT2D eigenvalue weighted by atomic mass is 10.1. The summed E-state index contributed by atoms with van der Waals surface area (Å²) in [6, 6.07) is 8.70. The molecule has 128 valence electrons. The maximum Gasteiger partial charge on any atom is 0.257 e. The van der Waals surface area contributed by atoms with Gasteiger partial charge in [0.25, 0.3) is 5.89 Å². The van der Waals surface area contributed by atoms with Crippen molar-refractivity contribution >= 4 is 11.8 Å². The molecular formula is C18H19N5OS. The van der Waals surface area contributed by atoms with Crippen LogP contribution in [0, 0.1) is 6.92 Å². The summed E-state index contributed by atoms with van der Waals surface area (Å²) in [4.78, 5) is 4.51. The second kappa shape index (κ2) is 5.98. The highest BCUT2D eigenvalue weighted by Gasteiger charge is 2.36. The summed E-state index contributed by atoms with van der Waals surface area (Å²) in [7, 11) is 0. The van der Waals surface area contributed by atoms with Gasteiger partial charge in [-0.15, -0.1) is 10.2 Å². The van der Waals surface area contributed by atoms with Crippen molar-refractivity contribution in [1.29, 1.82) is 0 Å². The largest absolute Gasteiger partial charge is 0.334 e. The van der Waals surface area contributed by atoms with Gasteiger partial charge in [-0.25, -0.2) is 0 Å². The molecule has 2 fully saturated rings. The van der Waals surface area contributed by atoms with Crippen LogP contribution in [0.15, 0.2) is 33.9 Å². The zero-order valence-electron chi connectivity index (χ0n) is 14.1. The molecule has 5 rings (SSSR count). The summed E-state index contributed by atoms with van der Waals surface area (Å²) in [5, 5.41) is 14.0. The predicted molar refractivity (Wildman–Crippen MR) is 94.3 cm³/mol. The van der Waals surface area contributed by atoms with E-state index < -0.39 is 0 Å². The van der Waals surface area contributed by atoms with Gasteiger partial charge >= 0.3 is 0 Å². The predicted octanol–water partition coefficient (Wildman–Crippen LogP) is 4.14. The number of rotatable bonds is 6. The molecule has 1 aromatic carbocycles. The number of nitrogens with zero attached hydrogens (tertiary/aromatic N) is 5. The SMILES string of the molecule is Cc1ccc(-c2nc(CSc3nnc(C4CC4)n3C3CC3)no2)cc1. The fraction of sp³-hybridized carbons (Fsp3) is 0.444. The molecule has 0 bridgehead atoms. The Morgan fingerprint density at radius 2 is 1.92 bits per heavy atom. The van der Waals surface area contributed by atoms with Crippen LogP contribution in [0.4, 0.5) is 0 Å². The smallest absolute Gasteiger partial charge is 0.257 e. The summed E-state index contributed by atoms with van der Waals surface area (Å²) in [6.07, 6.45) is 4.98. The second-order valence-corrected chi connectivity index (χ2v) is 7.83. The van der Waals surface area contributed by atoms with Crippen molar-refractivity contribution in [2.24, 2.45) is 0 Å². The van der Waals surface area contributed by atoms with E-state index in [0.717, 1.165) is 10.7 Å². The lowest BCUT2D eigenvalue weighted by molar-refractivity contribution is 0.425. The third-order valence-corrected chi connectivity index (χ3v) is 5.58. The molecule has 7 heteroatoms. The van der Waals surface area contributed by atoms with Gasteiger partial charge in [-0.3, -0.25) is 0 Å². The van der Waals surface area contributed by atoms with Crippen LogP contribution in [0.3, 0.4) is 0 Å². The van der Waals surface area contributed by atoms with E-state index in [4.69, 9.17) is 4.52 Å². The molecule has 6 nitrogen and oxygen atoms in total. The highest BCUT2D eigenvalue weighted by atomic mass is 32.2. The van der Waals surface area contributed by atoms with Crippen LogP contribution in [0.5, 0.6) is 0 Å². The van der Waals surface area contributed by atoms with Gasteiger partial charge in [0.05, 0.1) is 5.75 Å². The summed E-state index contributed by atoms with van der Waals surface area (Å²) in [5.41, 5.74) is 2.16. The van der Waals surface area contributed by atoms with E-state index in [-0.39, 0.29) is 0 Å². The number of aryl methyl sites for hydroxylation is 1. The minimum Gasteiger partial charge on any atom is -0.334 e. The highest BCUT2D eigenvalue weighted by molar-refractivity contribution is 7.98. The Balaban J connectivity index is 1.31. The maximum atomic E-state index is 5.41. The molecule has 0 atom stereocenters. The Morgan fingerprint density at radius 1 is 1.12 bits per heavy atom. The van der Waals surface area contributed by atoms with E-state index in [0.29, 0.717) is 29.4 Å². The van der Waals surface area contributed by atoms with Crippen LogP contribution in [0.2, 0.25) is 0 Å². The molecule has 2 aliphatic rings. The van der Waals surface area contributed by atoms with Gasteiger partial charge in [0.15, 0.2) is 11.0 Å². The summed E-state index contributed by atoms with van der Waals surface area (Å²) < 4.78 is 7.76. The van der Waals surface area contributed by atoms with Gasteiger partial charge in [-0.1, -0.05) is 34.6 Å². The Morgan fingerprint density at radius 3 is 2.64 bits per heavy atom. The molecule has 0 spiro atoms. The van der Waals surface area contributed by atoms with Crippen molar-refractivity contribution in [1.82, 2.24) is 24.9 Å². The third-order valence-electron chi connectivity index (χ3n) is 4.64. The highest BCUT2D eigenvalue weighted by Crippen LogP contribution is 2.46.